The zero-order chi connectivity index (χ0) is 9.26. The second kappa shape index (κ2) is 2.94. The maximum Gasteiger partial charge on any atom is 0.307 e. The third-order valence-electron chi connectivity index (χ3n) is 1.97. The summed E-state index contributed by atoms with van der Waals surface area (Å²) in [5, 5.41) is 8.62. The van der Waals surface area contributed by atoms with Crippen LogP contribution in [0.4, 0.5) is 0 Å². The van der Waals surface area contributed by atoms with Crippen LogP contribution in [0.25, 0.3) is 11.1 Å². The summed E-state index contributed by atoms with van der Waals surface area (Å²) < 4.78 is 4.96. The van der Waals surface area contributed by atoms with Crippen molar-refractivity contribution in [1.82, 2.24) is 0 Å². The highest BCUT2D eigenvalue weighted by molar-refractivity contribution is 5.78. The average Bonchev–Trinajstić information content (AvgIpc) is 2.48. The molecule has 0 amide bonds. The summed E-state index contributed by atoms with van der Waals surface area (Å²) in [7, 11) is 0. The van der Waals surface area contributed by atoms with Gasteiger partial charge in [-0.2, -0.15) is 0 Å². The second-order valence-electron chi connectivity index (χ2n) is 2.85. The lowest BCUT2D eigenvalue weighted by Crippen LogP contribution is -1.99. The van der Waals surface area contributed by atoms with Crippen molar-refractivity contribution < 1.29 is 14.3 Å². The van der Waals surface area contributed by atoms with Gasteiger partial charge in [0.25, 0.3) is 0 Å². The molecule has 0 spiro atoms. The van der Waals surface area contributed by atoms with Crippen LogP contribution >= 0.6 is 0 Å². The van der Waals surface area contributed by atoms with E-state index in [9.17, 15) is 4.79 Å². The highest BCUT2D eigenvalue weighted by atomic mass is 16.4. The quantitative estimate of drug-likeness (QED) is 0.761. The zero-order valence-electron chi connectivity index (χ0n) is 6.86. The first-order chi connectivity index (χ1) is 6.27. The molecule has 0 saturated heterocycles. The van der Waals surface area contributed by atoms with Crippen molar-refractivity contribution >= 4 is 5.97 Å². The largest absolute Gasteiger partial charge is 0.481 e. The molecule has 1 N–H and O–H groups in total. The van der Waals surface area contributed by atoms with Gasteiger partial charge in [-0.25, -0.2) is 0 Å². The predicted molar refractivity (Wildman–Crippen MR) is 46.7 cm³/mol. The Morgan fingerprint density at radius 3 is 3.00 bits per heavy atom. The minimum absolute atomic E-state index is 0.0630. The molecule has 3 nitrogen and oxygen atoms in total. The van der Waals surface area contributed by atoms with E-state index >= 15 is 0 Å². The average molecular weight is 176 g/mol. The van der Waals surface area contributed by atoms with Crippen LogP contribution in [0.3, 0.4) is 0 Å². The maximum atomic E-state index is 10.5. The van der Waals surface area contributed by atoms with E-state index in [-0.39, 0.29) is 6.42 Å². The Bertz CT molecular complexity index is 403. The molecule has 1 heterocycles. The molecule has 2 aliphatic rings. The number of hydrogen-bond acceptors (Lipinski definition) is 2. The van der Waals surface area contributed by atoms with Gasteiger partial charge in [-0.3, -0.25) is 4.79 Å². The summed E-state index contributed by atoms with van der Waals surface area (Å²) in [5.74, 6) is -0.812. The fourth-order valence-electron chi connectivity index (χ4n) is 1.40. The molecule has 0 aromatic rings. The molecule has 0 aromatic heterocycles. The molecule has 1 aliphatic carbocycles. The van der Waals surface area contributed by atoms with Crippen molar-refractivity contribution in [2.75, 3.05) is 0 Å². The molecule has 0 aromatic carbocycles. The van der Waals surface area contributed by atoms with Crippen LogP contribution in [-0.2, 0) is 11.2 Å². The van der Waals surface area contributed by atoms with E-state index in [4.69, 9.17) is 9.52 Å². The molecule has 0 unspecified atom stereocenters. The summed E-state index contributed by atoms with van der Waals surface area (Å²) in [6, 6.07) is 5.46. The summed E-state index contributed by atoms with van der Waals surface area (Å²) >= 11 is 0. The number of fused-ring (bicyclic) bond motifs is 1. The summed E-state index contributed by atoms with van der Waals surface area (Å²) in [5.41, 5.74) is 2.73. The molecule has 0 radical (unpaired) electrons. The van der Waals surface area contributed by atoms with Crippen molar-refractivity contribution in [3.8, 4) is 11.1 Å². The first-order valence-corrected chi connectivity index (χ1v) is 3.93. The zero-order valence-corrected chi connectivity index (χ0v) is 6.86. The molecule has 13 heavy (non-hydrogen) atoms. The standard InChI is InChI=1S/C10H8O3/c11-10(12)5-7-1-2-8-6-13-4-3-9(7)8/h1-4,6H,5H2,(H,11,12). The summed E-state index contributed by atoms with van der Waals surface area (Å²) in [4.78, 5) is 10.5. The lowest BCUT2D eigenvalue weighted by atomic mass is 10.1. The molecule has 3 heteroatoms. The number of aliphatic carboxylic acids is 1. The minimum atomic E-state index is -0.812. The fourth-order valence-corrected chi connectivity index (χ4v) is 1.40. The number of carbonyl (C=O) groups is 1. The first-order valence-electron chi connectivity index (χ1n) is 3.93. The molecule has 66 valence electrons. The van der Waals surface area contributed by atoms with Crippen LogP contribution in [0.2, 0.25) is 0 Å². The van der Waals surface area contributed by atoms with Crippen LogP contribution in [-0.4, -0.2) is 11.1 Å². The van der Waals surface area contributed by atoms with E-state index in [2.05, 4.69) is 0 Å². The van der Waals surface area contributed by atoms with E-state index in [1.165, 1.54) is 0 Å². The number of carboxylic acid groups (broad SMARTS) is 1. The van der Waals surface area contributed by atoms with Gasteiger partial charge in [-0.05, 0) is 17.2 Å². The van der Waals surface area contributed by atoms with Crippen molar-refractivity contribution in [1.29, 1.82) is 0 Å². The Morgan fingerprint density at radius 1 is 1.38 bits per heavy atom. The first kappa shape index (κ1) is 7.86. The Morgan fingerprint density at radius 2 is 2.23 bits per heavy atom. The third-order valence-corrected chi connectivity index (χ3v) is 1.97. The van der Waals surface area contributed by atoms with Crippen LogP contribution in [0.5, 0.6) is 0 Å². The summed E-state index contributed by atoms with van der Waals surface area (Å²) in [6.07, 6.45) is 3.22. The van der Waals surface area contributed by atoms with Gasteiger partial charge in [-0.15, -0.1) is 0 Å². The van der Waals surface area contributed by atoms with Crippen molar-refractivity contribution in [3.05, 3.63) is 36.3 Å². The maximum absolute atomic E-state index is 10.5. The lowest BCUT2D eigenvalue weighted by Gasteiger charge is -1.99. The lowest BCUT2D eigenvalue weighted by molar-refractivity contribution is -0.136. The van der Waals surface area contributed by atoms with Gasteiger partial charge in [0.05, 0.1) is 18.9 Å². The van der Waals surface area contributed by atoms with E-state index in [1.807, 2.05) is 12.1 Å². The highest BCUT2D eigenvalue weighted by Gasteiger charge is 2.11. The SMILES string of the molecule is O=C(O)Cc1ccc2coccc1-2. The smallest absolute Gasteiger partial charge is 0.307 e. The van der Waals surface area contributed by atoms with E-state index in [0.29, 0.717) is 0 Å². The number of hydrogen-bond donors (Lipinski definition) is 1. The number of carboxylic acids is 1. The molecular weight excluding hydrogens is 168 g/mol. The van der Waals surface area contributed by atoms with Crippen molar-refractivity contribution in [3.63, 3.8) is 0 Å². The molecule has 0 fully saturated rings. The van der Waals surface area contributed by atoms with Gasteiger partial charge in [-0.1, -0.05) is 12.1 Å². The Labute approximate surface area is 74.9 Å². The fraction of sp³-hybridized carbons (Fsp3) is 0.100. The highest BCUT2D eigenvalue weighted by Crippen LogP contribution is 2.27. The van der Waals surface area contributed by atoms with Crippen LogP contribution in [0.15, 0.2) is 35.1 Å². The molecule has 0 saturated carbocycles. The molecule has 1 aliphatic heterocycles. The molecule has 0 bridgehead atoms. The van der Waals surface area contributed by atoms with Gasteiger partial charge >= 0.3 is 5.97 Å². The minimum Gasteiger partial charge on any atom is -0.481 e. The van der Waals surface area contributed by atoms with E-state index in [0.717, 1.165) is 16.7 Å². The molecule has 0 atom stereocenters. The van der Waals surface area contributed by atoms with Crippen molar-refractivity contribution in [2.24, 2.45) is 0 Å². The van der Waals surface area contributed by atoms with Gasteiger partial charge in [0.15, 0.2) is 0 Å². The summed E-state index contributed by atoms with van der Waals surface area (Å²) in [6.45, 7) is 0. The third kappa shape index (κ3) is 1.40. The Hall–Kier alpha value is -1.77. The van der Waals surface area contributed by atoms with Crippen LogP contribution in [0, 0.1) is 0 Å². The topological polar surface area (TPSA) is 50.4 Å². The van der Waals surface area contributed by atoms with Gasteiger partial charge in [0.2, 0.25) is 0 Å². The predicted octanol–water partition coefficient (Wildman–Crippen LogP) is 2.01. The monoisotopic (exact) mass is 176 g/mol. The normalized spacial score (nSPS) is 10.5. The van der Waals surface area contributed by atoms with E-state index in [1.54, 1.807) is 18.6 Å². The number of rotatable bonds is 2. The second-order valence-corrected chi connectivity index (χ2v) is 2.85. The van der Waals surface area contributed by atoms with Gasteiger partial charge < -0.3 is 9.52 Å². The van der Waals surface area contributed by atoms with Gasteiger partial charge in [0, 0.05) is 5.56 Å². The van der Waals surface area contributed by atoms with E-state index < -0.39 is 5.97 Å². The molecule has 2 rings (SSSR count). The van der Waals surface area contributed by atoms with Crippen molar-refractivity contribution in [2.45, 2.75) is 6.42 Å². The van der Waals surface area contributed by atoms with Crippen LogP contribution < -0.4 is 0 Å². The van der Waals surface area contributed by atoms with Crippen LogP contribution in [0.1, 0.15) is 5.56 Å². The Kier molecular flexibility index (Phi) is 1.77. The van der Waals surface area contributed by atoms with Gasteiger partial charge in [0.1, 0.15) is 0 Å². The molecular formula is C10H8O3. The Balaban J connectivity index is 2.43.